The second-order valence-electron chi connectivity index (χ2n) is 5.32. The standard InChI is InChI=1S/C15H10BrN3O3/c16-7-5-8-13-9(6-7)17-4-3-10(13)19(15(8)22)11-1-2-12(20)18-14(11)21/h3-6,11H,1-2H2,(H,18,20,21). The Balaban J connectivity index is 1.88. The van der Waals surface area contributed by atoms with Gasteiger partial charge in [-0.1, -0.05) is 15.9 Å². The summed E-state index contributed by atoms with van der Waals surface area (Å²) in [6, 6.07) is 4.64. The second-order valence-corrected chi connectivity index (χ2v) is 6.24. The van der Waals surface area contributed by atoms with Crippen LogP contribution in [0.4, 0.5) is 5.69 Å². The number of hydrogen-bond acceptors (Lipinski definition) is 4. The number of carbonyl (C=O) groups excluding carboxylic acids is 3. The molecule has 22 heavy (non-hydrogen) atoms. The normalized spacial score (nSPS) is 20.7. The molecular formula is C15H10BrN3O3. The average molecular weight is 360 g/mol. The van der Waals surface area contributed by atoms with E-state index in [2.05, 4.69) is 26.2 Å². The van der Waals surface area contributed by atoms with Crippen molar-refractivity contribution < 1.29 is 14.4 Å². The quantitative estimate of drug-likeness (QED) is 0.786. The van der Waals surface area contributed by atoms with Crippen molar-refractivity contribution >= 4 is 50.2 Å². The lowest BCUT2D eigenvalue weighted by molar-refractivity contribution is -0.134. The number of pyridine rings is 1. The molecule has 4 rings (SSSR count). The maximum absolute atomic E-state index is 12.8. The fourth-order valence-corrected chi connectivity index (χ4v) is 3.53. The van der Waals surface area contributed by atoms with Gasteiger partial charge < -0.3 is 0 Å². The molecule has 0 spiro atoms. The smallest absolute Gasteiger partial charge is 0.259 e. The summed E-state index contributed by atoms with van der Waals surface area (Å²) in [6.07, 6.45) is 2.18. The van der Waals surface area contributed by atoms with Crippen LogP contribution in [0.2, 0.25) is 0 Å². The van der Waals surface area contributed by atoms with Gasteiger partial charge in [0.1, 0.15) is 6.04 Å². The molecule has 2 aliphatic heterocycles. The largest absolute Gasteiger partial charge is 0.295 e. The van der Waals surface area contributed by atoms with E-state index in [1.165, 1.54) is 4.90 Å². The molecule has 0 aliphatic carbocycles. The van der Waals surface area contributed by atoms with Crippen molar-refractivity contribution in [2.45, 2.75) is 18.9 Å². The van der Waals surface area contributed by atoms with E-state index in [1.807, 2.05) is 6.07 Å². The first kappa shape index (κ1) is 13.4. The van der Waals surface area contributed by atoms with Gasteiger partial charge in [-0.05, 0) is 24.6 Å². The van der Waals surface area contributed by atoms with E-state index >= 15 is 0 Å². The molecule has 2 aliphatic rings. The van der Waals surface area contributed by atoms with Crippen LogP contribution >= 0.6 is 15.9 Å². The van der Waals surface area contributed by atoms with Gasteiger partial charge in [0, 0.05) is 22.5 Å². The van der Waals surface area contributed by atoms with Crippen LogP contribution < -0.4 is 10.2 Å². The van der Waals surface area contributed by atoms with Crippen molar-refractivity contribution in [3.05, 3.63) is 34.4 Å². The molecule has 1 aromatic heterocycles. The summed E-state index contributed by atoms with van der Waals surface area (Å²) in [5.41, 5.74) is 1.90. The lowest BCUT2D eigenvalue weighted by Crippen LogP contribution is -2.53. The minimum absolute atomic E-state index is 0.231. The summed E-state index contributed by atoms with van der Waals surface area (Å²) in [5.74, 6) is -0.960. The van der Waals surface area contributed by atoms with Crippen molar-refractivity contribution in [2.75, 3.05) is 4.90 Å². The van der Waals surface area contributed by atoms with Gasteiger partial charge in [-0.15, -0.1) is 0 Å². The molecule has 3 amide bonds. The Bertz CT molecular complexity index is 864. The first-order valence-corrected chi connectivity index (χ1v) is 7.61. The predicted octanol–water partition coefficient (Wildman–Crippen LogP) is 1.76. The number of hydrogen-bond donors (Lipinski definition) is 1. The molecule has 0 saturated carbocycles. The molecule has 1 saturated heterocycles. The average Bonchev–Trinajstić information content (AvgIpc) is 2.74. The maximum atomic E-state index is 12.8. The molecule has 1 fully saturated rings. The number of nitrogens with zero attached hydrogens (tertiary/aromatic N) is 2. The van der Waals surface area contributed by atoms with Gasteiger partial charge in [-0.2, -0.15) is 0 Å². The van der Waals surface area contributed by atoms with Gasteiger partial charge in [0.25, 0.3) is 5.91 Å². The summed E-state index contributed by atoms with van der Waals surface area (Å²) in [6.45, 7) is 0. The van der Waals surface area contributed by atoms with Crippen molar-refractivity contribution in [3.63, 3.8) is 0 Å². The molecule has 1 N–H and O–H groups in total. The lowest BCUT2D eigenvalue weighted by Gasteiger charge is -2.30. The van der Waals surface area contributed by atoms with E-state index in [0.717, 1.165) is 9.86 Å². The number of imide groups is 1. The third-order valence-electron chi connectivity index (χ3n) is 4.02. The molecule has 110 valence electrons. The predicted molar refractivity (Wildman–Crippen MR) is 82.4 cm³/mol. The van der Waals surface area contributed by atoms with Crippen LogP contribution in [0.5, 0.6) is 0 Å². The number of halogens is 1. The zero-order valence-corrected chi connectivity index (χ0v) is 12.9. The Kier molecular flexibility index (Phi) is 2.80. The third-order valence-corrected chi connectivity index (χ3v) is 4.47. The first-order chi connectivity index (χ1) is 10.6. The summed E-state index contributed by atoms with van der Waals surface area (Å²) in [4.78, 5) is 42.0. The van der Waals surface area contributed by atoms with Gasteiger partial charge in [-0.3, -0.25) is 29.6 Å². The number of aromatic nitrogens is 1. The summed E-state index contributed by atoms with van der Waals surface area (Å²) >= 11 is 3.38. The van der Waals surface area contributed by atoms with Crippen LogP contribution in [-0.4, -0.2) is 28.7 Å². The molecule has 1 aromatic carbocycles. The van der Waals surface area contributed by atoms with Crippen molar-refractivity contribution in [1.29, 1.82) is 0 Å². The van der Waals surface area contributed by atoms with E-state index in [-0.39, 0.29) is 18.2 Å². The maximum Gasteiger partial charge on any atom is 0.259 e. The van der Waals surface area contributed by atoms with E-state index in [0.29, 0.717) is 23.2 Å². The summed E-state index contributed by atoms with van der Waals surface area (Å²) < 4.78 is 0.762. The molecule has 3 heterocycles. The SMILES string of the molecule is O=C1CCC(N2C(=O)c3cc(Br)cc4nccc2c34)C(=O)N1. The zero-order valence-electron chi connectivity index (χ0n) is 11.3. The van der Waals surface area contributed by atoms with Crippen LogP contribution in [0.1, 0.15) is 23.2 Å². The Morgan fingerprint density at radius 3 is 2.86 bits per heavy atom. The topological polar surface area (TPSA) is 79.4 Å². The van der Waals surface area contributed by atoms with Gasteiger partial charge in [0.15, 0.2) is 0 Å². The van der Waals surface area contributed by atoms with E-state index < -0.39 is 11.9 Å². The molecule has 2 aromatic rings. The summed E-state index contributed by atoms with van der Waals surface area (Å²) in [7, 11) is 0. The van der Waals surface area contributed by atoms with Crippen LogP contribution in [0.3, 0.4) is 0 Å². The highest BCUT2D eigenvalue weighted by molar-refractivity contribution is 9.10. The van der Waals surface area contributed by atoms with Crippen molar-refractivity contribution in [2.24, 2.45) is 0 Å². The van der Waals surface area contributed by atoms with E-state index in [1.54, 1.807) is 18.3 Å². The fourth-order valence-electron chi connectivity index (χ4n) is 3.08. The van der Waals surface area contributed by atoms with Crippen LogP contribution in [0.25, 0.3) is 10.9 Å². The van der Waals surface area contributed by atoms with Crippen LogP contribution in [-0.2, 0) is 9.59 Å². The lowest BCUT2D eigenvalue weighted by atomic mass is 10.0. The monoisotopic (exact) mass is 359 g/mol. The number of carbonyl (C=O) groups is 3. The number of anilines is 1. The third kappa shape index (κ3) is 1.78. The van der Waals surface area contributed by atoms with Crippen molar-refractivity contribution in [1.82, 2.24) is 10.3 Å². The fraction of sp³-hybridized carbons (Fsp3) is 0.200. The number of benzene rings is 1. The van der Waals surface area contributed by atoms with Gasteiger partial charge in [-0.25, -0.2) is 0 Å². The second kappa shape index (κ2) is 4.61. The highest BCUT2D eigenvalue weighted by Gasteiger charge is 2.40. The van der Waals surface area contributed by atoms with Gasteiger partial charge in [0.05, 0.1) is 16.8 Å². The Morgan fingerprint density at radius 2 is 2.09 bits per heavy atom. The Hall–Kier alpha value is -2.28. The summed E-state index contributed by atoms with van der Waals surface area (Å²) in [5, 5.41) is 3.05. The molecule has 0 radical (unpaired) electrons. The Morgan fingerprint density at radius 1 is 1.27 bits per heavy atom. The molecule has 7 heteroatoms. The van der Waals surface area contributed by atoms with E-state index in [9.17, 15) is 14.4 Å². The van der Waals surface area contributed by atoms with E-state index in [4.69, 9.17) is 0 Å². The van der Waals surface area contributed by atoms with Gasteiger partial charge >= 0.3 is 0 Å². The zero-order chi connectivity index (χ0) is 15.4. The molecular weight excluding hydrogens is 350 g/mol. The number of rotatable bonds is 1. The first-order valence-electron chi connectivity index (χ1n) is 6.82. The van der Waals surface area contributed by atoms with Crippen LogP contribution in [0.15, 0.2) is 28.9 Å². The minimum atomic E-state index is -0.665. The molecule has 1 atom stereocenters. The molecule has 1 unspecified atom stereocenters. The van der Waals surface area contributed by atoms with Crippen molar-refractivity contribution in [3.8, 4) is 0 Å². The molecule has 0 bridgehead atoms. The molecule has 6 nitrogen and oxygen atoms in total. The number of amides is 3. The van der Waals surface area contributed by atoms with Gasteiger partial charge in [0.2, 0.25) is 11.8 Å². The highest BCUT2D eigenvalue weighted by atomic mass is 79.9. The Labute approximate surface area is 133 Å². The highest BCUT2D eigenvalue weighted by Crippen LogP contribution is 2.40. The van der Waals surface area contributed by atoms with Crippen LogP contribution in [0, 0.1) is 0 Å². The minimum Gasteiger partial charge on any atom is -0.295 e. The number of piperidine rings is 1. The number of nitrogens with one attached hydrogen (secondary N) is 1.